The Hall–Kier alpha value is -1.87. The summed E-state index contributed by atoms with van der Waals surface area (Å²) in [7, 11) is -7.09. The summed E-state index contributed by atoms with van der Waals surface area (Å²) in [5, 5.41) is -4.27. The molecule has 1 N–H and O–H groups in total. The largest absolute Gasteiger partial charge is 0.493 e. The van der Waals surface area contributed by atoms with Gasteiger partial charge in [0.1, 0.15) is 5.75 Å². The first-order valence-corrected chi connectivity index (χ1v) is 14.1. The Morgan fingerprint density at radius 1 is 0.865 bits per heavy atom. The number of thiol groups is 1. The van der Waals surface area contributed by atoms with Crippen molar-refractivity contribution in [3.63, 3.8) is 0 Å². The van der Waals surface area contributed by atoms with E-state index in [9.17, 15) is 47.9 Å². The molecule has 0 saturated carbocycles. The van der Waals surface area contributed by atoms with Crippen LogP contribution in [0.25, 0.3) is 10.8 Å². The lowest BCUT2D eigenvalue weighted by atomic mass is 10.1. The Bertz CT molecular complexity index is 1160. The normalized spacial score (nSPS) is 16.5. The third-order valence-corrected chi connectivity index (χ3v) is 9.19. The van der Waals surface area contributed by atoms with Crippen molar-refractivity contribution in [2.24, 2.45) is 0 Å². The maximum atomic E-state index is 12.2. The van der Waals surface area contributed by atoms with Gasteiger partial charge in [0.15, 0.2) is 0 Å². The fourth-order valence-corrected chi connectivity index (χ4v) is 6.65. The van der Waals surface area contributed by atoms with E-state index >= 15 is 0 Å². The van der Waals surface area contributed by atoms with Gasteiger partial charge in [0.05, 0.1) is 6.61 Å². The van der Waals surface area contributed by atoms with Crippen molar-refractivity contribution in [2.45, 2.75) is 60.8 Å². The van der Waals surface area contributed by atoms with Crippen LogP contribution in [0.1, 0.15) is 32.6 Å². The Balaban J connectivity index is 0.000000265. The molecule has 0 unspecified atom stereocenters. The van der Waals surface area contributed by atoms with Gasteiger partial charge < -0.3 is 4.74 Å². The van der Waals surface area contributed by atoms with E-state index < -0.39 is 33.4 Å². The predicted molar refractivity (Wildman–Crippen MR) is 123 cm³/mol. The van der Waals surface area contributed by atoms with Crippen molar-refractivity contribution in [1.82, 2.24) is 0 Å². The molecular weight excluding hydrogens is 563 g/mol. The molecule has 1 heterocycles. The van der Waals surface area contributed by atoms with Gasteiger partial charge in [-0.2, -0.15) is 47.9 Å². The van der Waals surface area contributed by atoms with Crippen LogP contribution in [0.4, 0.5) is 39.5 Å². The van der Waals surface area contributed by atoms with Crippen LogP contribution in [0.15, 0.2) is 41.3 Å². The number of rotatable bonds is 8. The SMILES string of the molecule is CCCCOc1ccc([SH]2CCCC2)c2ccccc12.O=S(=O)(O)C(F)(F)C(F)(F)C(F)(F)C(F)(F)F. The molecule has 2 aromatic carbocycles. The van der Waals surface area contributed by atoms with Crippen LogP contribution >= 0.6 is 10.9 Å². The van der Waals surface area contributed by atoms with E-state index in [1.165, 1.54) is 41.5 Å². The zero-order chi connectivity index (χ0) is 28.3. The lowest BCUT2D eigenvalue weighted by molar-refractivity contribution is -0.382. The number of alkyl halides is 9. The molecule has 0 aromatic heterocycles. The number of benzene rings is 2. The number of fused-ring (bicyclic) bond motifs is 1. The maximum absolute atomic E-state index is 12.2. The highest BCUT2D eigenvalue weighted by molar-refractivity contribution is 8.17. The quantitative estimate of drug-likeness (QED) is 0.145. The molecule has 0 aliphatic carbocycles. The van der Waals surface area contributed by atoms with E-state index in [-0.39, 0.29) is 10.9 Å². The van der Waals surface area contributed by atoms with Crippen molar-refractivity contribution in [1.29, 1.82) is 0 Å². The highest BCUT2D eigenvalue weighted by atomic mass is 32.2. The van der Waals surface area contributed by atoms with Crippen molar-refractivity contribution >= 4 is 31.8 Å². The number of hydrogen-bond donors (Lipinski definition) is 2. The average Bonchev–Trinajstić information content (AvgIpc) is 3.32. The van der Waals surface area contributed by atoms with E-state index in [2.05, 4.69) is 43.3 Å². The molecule has 2 aromatic rings. The van der Waals surface area contributed by atoms with Crippen LogP contribution in [0.2, 0.25) is 0 Å². The molecule has 0 radical (unpaired) electrons. The Morgan fingerprint density at radius 3 is 1.89 bits per heavy atom. The van der Waals surface area contributed by atoms with Crippen molar-refractivity contribution in [2.75, 3.05) is 18.1 Å². The second-order valence-corrected chi connectivity index (χ2v) is 12.1. The minimum absolute atomic E-state index is 0.0761. The molecule has 0 bridgehead atoms. The zero-order valence-electron chi connectivity index (χ0n) is 19.3. The molecular formula is C22H25F9O4S2. The third-order valence-electron chi connectivity index (χ3n) is 5.50. The first-order chi connectivity index (χ1) is 16.9. The smallest absolute Gasteiger partial charge is 0.460 e. The van der Waals surface area contributed by atoms with E-state index in [1.807, 2.05) is 0 Å². The van der Waals surface area contributed by atoms with Gasteiger partial charge in [-0.3, -0.25) is 4.55 Å². The Morgan fingerprint density at radius 2 is 1.41 bits per heavy atom. The van der Waals surface area contributed by atoms with Gasteiger partial charge in [0.2, 0.25) is 0 Å². The fourth-order valence-electron chi connectivity index (χ4n) is 3.46. The van der Waals surface area contributed by atoms with E-state index in [0.29, 0.717) is 0 Å². The number of hydrogen-bond acceptors (Lipinski definition) is 3. The van der Waals surface area contributed by atoms with Gasteiger partial charge in [0.25, 0.3) is 0 Å². The molecule has 212 valence electrons. The topological polar surface area (TPSA) is 63.6 Å². The average molecular weight is 589 g/mol. The lowest BCUT2D eigenvalue weighted by Crippen LogP contribution is -2.63. The summed E-state index contributed by atoms with van der Waals surface area (Å²) in [4.78, 5) is 1.59. The predicted octanol–water partition coefficient (Wildman–Crippen LogP) is 7.47. The lowest BCUT2D eigenvalue weighted by Gasteiger charge is -2.31. The van der Waals surface area contributed by atoms with Gasteiger partial charge in [-0.05, 0) is 53.2 Å². The minimum atomic E-state index is -7.37. The van der Waals surface area contributed by atoms with Crippen molar-refractivity contribution in [3.05, 3.63) is 36.4 Å². The minimum Gasteiger partial charge on any atom is -0.493 e. The summed E-state index contributed by atoms with van der Waals surface area (Å²) in [6.07, 6.45) is -2.00. The van der Waals surface area contributed by atoms with Crippen LogP contribution in [-0.4, -0.2) is 54.4 Å². The summed E-state index contributed by atoms with van der Waals surface area (Å²) in [5.74, 6) is -10.8. The summed E-state index contributed by atoms with van der Waals surface area (Å²) >= 11 is 0. The number of unbranched alkanes of at least 4 members (excludes halogenated alkanes) is 1. The summed E-state index contributed by atoms with van der Waals surface area (Å²) in [6.45, 7) is 3.03. The number of halogens is 9. The summed E-state index contributed by atoms with van der Waals surface area (Å²) in [6, 6.07) is 13.3. The molecule has 37 heavy (non-hydrogen) atoms. The highest BCUT2D eigenvalue weighted by Gasteiger charge is 2.85. The van der Waals surface area contributed by atoms with Crippen LogP contribution in [0.5, 0.6) is 5.75 Å². The molecule has 3 rings (SSSR count). The molecule has 1 fully saturated rings. The number of ether oxygens (including phenoxy) is 1. The Kier molecular flexibility index (Phi) is 9.72. The van der Waals surface area contributed by atoms with E-state index in [1.54, 1.807) is 4.90 Å². The molecule has 0 spiro atoms. The highest BCUT2D eigenvalue weighted by Crippen LogP contribution is 2.54. The van der Waals surface area contributed by atoms with Crippen LogP contribution < -0.4 is 4.74 Å². The second-order valence-electron chi connectivity index (χ2n) is 8.16. The second kappa shape index (κ2) is 11.5. The van der Waals surface area contributed by atoms with Gasteiger partial charge >= 0.3 is 33.4 Å². The van der Waals surface area contributed by atoms with Crippen LogP contribution in [0, 0.1) is 0 Å². The van der Waals surface area contributed by atoms with Gasteiger partial charge in [0, 0.05) is 5.39 Å². The fraction of sp³-hybridized carbons (Fsp3) is 0.545. The molecule has 1 saturated heterocycles. The molecule has 1 aliphatic heterocycles. The molecule has 0 atom stereocenters. The first-order valence-electron chi connectivity index (χ1n) is 11.0. The Labute approximate surface area is 210 Å². The van der Waals surface area contributed by atoms with Gasteiger partial charge in [-0.1, -0.05) is 37.6 Å². The van der Waals surface area contributed by atoms with E-state index in [0.717, 1.165) is 18.8 Å². The molecule has 0 amide bonds. The molecule has 4 nitrogen and oxygen atoms in total. The summed E-state index contributed by atoms with van der Waals surface area (Å²) in [5.41, 5.74) is 0. The standard InChI is InChI=1S/C18H24OS.C4HF9O3S/c1-2-3-12-19-17-10-11-18(20-13-6-7-14-20)16-9-5-4-8-15(16)17;5-1(6,3(9,10)11)2(7,8)4(12,13)17(14,15)16/h4-5,8-11,20H,2-3,6-7,12-14H2,1H3;(H,14,15,16). The third kappa shape index (κ3) is 6.41. The van der Waals surface area contributed by atoms with E-state index in [4.69, 9.17) is 9.29 Å². The maximum Gasteiger partial charge on any atom is 0.460 e. The van der Waals surface area contributed by atoms with Crippen molar-refractivity contribution in [3.8, 4) is 5.75 Å². The van der Waals surface area contributed by atoms with Crippen LogP contribution in [0.3, 0.4) is 0 Å². The first kappa shape index (κ1) is 31.3. The van der Waals surface area contributed by atoms with Gasteiger partial charge in [-0.25, -0.2) is 10.9 Å². The zero-order valence-corrected chi connectivity index (χ0v) is 21.1. The molecule has 1 aliphatic rings. The van der Waals surface area contributed by atoms with Crippen LogP contribution in [-0.2, 0) is 10.1 Å². The monoisotopic (exact) mass is 588 g/mol. The molecule has 15 heteroatoms. The summed E-state index contributed by atoms with van der Waals surface area (Å²) < 4.78 is 140. The van der Waals surface area contributed by atoms with Gasteiger partial charge in [-0.15, -0.1) is 0 Å². The van der Waals surface area contributed by atoms with Crippen molar-refractivity contribution < 1.29 is 57.2 Å².